The first kappa shape index (κ1) is 23.4. The molecule has 7 heteroatoms. The number of benzene rings is 3. The van der Waals surface area contributed by atoms with Crippen molar-refractivity contribution >= 4 is 29.5 Å². The third-order valence-corrected chi connectivity index (χ3v) is 5.39. The second kappa shape index (κ2) is 10.4. The molecule has 0 amide bonds. The van der Waals surface area contributed by atoms with Gasteiger partial charge in [-0.3, -0.25) is 0 Å². The van der Waals surface area contributed by atoms with Crippen molar-refractivity contribution in [2.45, 2.75) is 13.8 Å². The summed E-state index contributed by atoms with van der Waals surface area (Å²) in [5.74, 6) is 1.38. The van der Waals surface area contributed by atoms with Gasteiger partial charge in [-0.2, -0.15) is 0 Å². The normalized spacial score (nSPS) is 14.1. The Morgan fingerprint density at radius 1 is 0.971 bits per heavy atom. The Bertz CT molecular complexity index is 1270. The van der Waals surface area contributed by atoms with E-state index in [4.69, 9.17) is 30.5 Å². The lowest BCUT2D eigenvalue weighted by Crippen LogP contribution is -2.10. The molecule has 0 aliphatic carbocycles. The van der Waals surface area contributed by atoms with E-state index in [-0.39, 0.29) is 18.2 Å². The number of aliphatic imine (C=N–C) groups is 1. The molecule has 1 aliphatic rings. The summed E-state index contributed by atoms with van der Waals surface area (Å²) in [5.41, 5.74) is 3.77. The highest BCUT2D eigenvalue weighted by atomic mass is 35.5. The minimum Gasteiger partial charge on any atom is -0.493 e. The maximum Gasteiger partial charge on any atom is 0.363 e. The number of carbonyl (C=O) groups is 1. The van der Waals surface area contributed by atoms with Crippen LogP contribution in [0, 0.1) is 13.8 Å². The molecule has 0 radical (unpaired) electrons. The highest BCUT2D eigenvalue weighted by Crippen LogP contribution is 2.37. The number of rotatable bonds is 8. The molecule has 0 saturated carbocycles. The molecule has 6 nitrogen and oxygen atoms in total. The number of nitrogens with zero attached hydrogens (tertiary/aromatic N) is 1. The minimum atomic E-state index is -0.530. The predicted molar refractivity (Wildman–Crippen MR) is 132 cm³/mol. The van der Waals surface area contributed by atoms with Gasteiger partial charge in [0, 0.05) is 5.56 Å². The second-order valence-corrected chi connectivity index (χ2v) is 8.11. The number of carbonyl (C=O) groups excluding carboxylic acids is 1. The quantitative estimate of drug-likeness (QED) is 0.234. The summed E-state index contributed by atoms with van der Waals surface area (Å²) in [7, 11) is 1.52. The monoisotopic (exact) mass is 477 g/mol. The van der Waals surface area contributed by atoms with E-state index >= 15 is 0 Å². The van der Waals surface area contributed by atoms with Crippen LogP contribution in [0.25, 0.3) is 6.08 Å². The molecule has 0 N–H and O–H groups in total. The summed E-state index contributed by atoms with van der Waals surface area (Å²) in [6, 6.07) is 18.7. The molecule has 0 spiro atoms. The zero-order chi connectivity index (χ0) is 24.1. The molecular formula is C27H24ClNO5. The van der Waals surface area contributed by atoms with Crippen LogP contribution in [0.4, 0.5) is 0 Å². The maximum absolute atomic E-state index is 12.3. The lowest BCUT2D eigenvalue weighted by molar-refractivity contribution is -0.129. The molecule has 0 saturated heterocycles. The standard InChI is InChI=1S/C27H24ClNO5/c1-17-9-10-23(18(2)13-17)32-11-12-33-25-21(28)14-19(16-24(25)31-3)15-22-27(30)34-26(29-22)20-7-5-4-6-8-20/h4-10,13-16H,11-12H2,1-3H3/b22-15-. The Balaban J connectivity index is 1.46. The van der Waals surface area contributed by atoms with Gasteiger partial charge < -0.3 is 18.9 Å². The van der Waals surface area contributed by atoms with E-state index < -0.39 is 5.97 Å². The van der Waals surface area contributed by atoms with Gasteiger partial charge in [0.15, 0.2) is 17.2 Å². The summed E-state index contributed by atoms with van der Waals surface area (Å²) in [6.07, 6.45) is 1.60. The summed E-state index contributed by atoms with van der Waals surface area (Å²) >= 11 is 6.47. The van der Waals surface area contributed by atoms with Crippen LogP contribution >= 0.6 is 11.6 Å². The number of halogens is 1. The zero-order valence-corrected chi connectivity index (χ0v) is 19.9. The minimum absolute atomic E-state index is 0.174. The predicted octanol–water partition coefficient (Wildman–Crippen LogP) is 5.77. The Kier molecular flexibility index (Phi) is 7.18. The molecule has 4 rings (SSSR count). The van der Waals surface area contributed by atoms with Gasteiger partial charge in [-0.1, -0.05) is 47.5 Å². The number of esters is 1. The van der Waals surface area contributed by atoms with Crippen LogP contribution in [0.3, 0.4) is 0 Å². The summed E-state index contributed by atoms with van der Waals surface area (Å²) in [4.78, 5) is 16.6. The van der Waals surface area contributed by atoms with Crippen molar-refractivity contribution in [3.63, 3.8) is 0 Å². The molecule has 34 heavy (non-hydrogen) atoms. The fourth-order valence-electron chi connectivity index (χ4n) is 3.49. The van der Waals surface area contributed by atoms with Crippen molar-refractivity contribution in [2.24, 2.45) is 4.99 Å². The SMILES string of the molecule is COc1cc(/C=C2\N=C(c3ccccc3)OC2=O)cc(Cl)c1OCCOc1ccc(C)cc1C. The lowest BCUT2D eigenvalue weighted by atomic mass is 10.1. The third kappa shape index (κ3) is 5.41. The molecule has 174 valence electrons. The number of methoxy groups -OCH3 is 1. The van der Waals surface area contributed by atoms with Crippen LogP contribution in [-0.2, 0) is 9.53 Å². The van der Waals surface area contributed by atoms with Gasteiger partial charge in [-0.05, 0) is 61.4 Å². The lowest BCUT2D eigenvalue weighted by Gasteiger charge is -2.14. The average Bonchev–Trinajstić information content (AvgIpc) is 3.19. The summed E-state index contributed by atoms with van der Waals surface area (Å²) in [6.45, 7) is 4.67. The van der Waals surface area contributed by atoms with Crippen molar-refractivity contribution in [1.29, 1.82) is 0 Å². The average molecular weight is 478 g/mol. The van der Waals surface area contributed by atoms with Crippen LogP contribution in [0.1, 0.15) is 22.3 Å². The molecular weight excluding hydrogens is 454 g/mol. The fourth-order valence-corrected chi connectivity index (χ4v) is 3.76. The zero-order valence-electron chi connectivity index (χ0n) is 19.1. The first-order chi connectivity index (χ1) is 16.4. The van der Waals surface area contributed by atoms with Gasteiger partial charge in [0.1, 0.15) is 19.0 Å². The molecule has 0 atom stereocenters. The largest absolute Gasteiger partial charge is 0.493 e. The van der Waals surface area contributed by atoms with E-state index in [0.717, 1.165) is 16.9 Å². The van der Waals surface area contributed by atoms with E-state index in [1.807, 2.05) is 56.3 Å². The second-order valence-electron chi connectivity index (χ2n) is 7.70. The van der Waals surface area contributed by atoms with E-state index in [1.165, 1.54) is 12.7 Å². The van der Waals surface area contributed by atoms with Gasteiger partial charge in [-0.25, -0.2) is 9.79 Å². The molecule has 0 aromatic heterocycles. The van der Waals surface area contributed by atoms with Crippen LogP contribution in [0.5, 0.6) is 17.2 Å². The Morgan fingerprint density at radius 3 is 2.47 bits per heavy atom. The Morgan fingerprint density at radius 2 is 1.74 bits per heavy atom. The molecule has 0 bridgehead atoms. The van der Waals surface area contributed by atoms with E-state index in [9.17, 15) is 4.79 Å². The molecule has 3 aromatic carbocycles. The number of aryl methyl sites for hydroxylation is 2. The van der Waals surface area contributed by atoms with Gasteiger partial charge in [0.2, 0.25) is 5.90 Å². The Hall–Kier alpha value is -3.77. The van der Waals surface area contributed by atoms with Gasteiger partial charge in [0.25, 0.3) is 0 Å². The molecule has 0 fully saturated rings. The molecule has 1 heterocycles. The van der Waals surface area contributed by atoms with Crippen LogP contribution in [-0.4, -0.2) is 32.2 Å². The molecule has 1 aliphatic heterocycles. The van der Waals surface area contributed by atoms with Crippen LogP contribution in [0.15, 0.2) is 71.4 Å². The van der Waals surface area contributed by atoms with Crippen LogP contribution in [0.2, 0.25) is 5.02 Å². The van der Waals surface area contributed by atoms with E-state index in [1.54, 1.807) is 18.2 Å². The van der Waals surface area contributed by atoms with E-state index in [2.05, 4.69) is 11.1 Å². The summed E-state index contributed by atoms with van der Waals surface area (Å²) < 4.78 is 22.4. The third-order valence-electron chi connectivity index (χ3n) is 5.11. The number of cyclic esters (lactones) is 1. The maximum atomic E-state index is 12.3. The number of hydrogen-bond donors (Lipinski definition) is 0. The number of ether oxygens (including phenoxy) is 4. The van der Waals surface area contributed by atoms with E-state index in [0.29, 0.717) is 28.7 Å². The molecule has 3 aromatic rings. The van der Waals surface area contributed by atoms with Crippen molar-refractivity contribution in [2.75, 3.05) is 20.3 Å². The highest BCUT2D eigenvalue weighted by Gasteiger charge is 2.24. The molecule has 0 unspecified atom stereocenters. The van der Waals surface area contributed by atoms with Crippen molar-refractivity contribution in [3.05, 3.63) is 93.6 Å². The van der Waals surface area contributed by atoms with Crippen molar-refractivity contribution in [1.82, 2.24) is 0 Å². The van der Waals surface area contributed by atoms with Crippen molar-refractivity contribution in [3.8, 4) is 17.2 Å². The van der Waals surface area contributed by atoms with Gasteiger partial charge >= 0.3 is 5.97 Å². The Labute approximate surface area is 203 Å². The highest BCUT2D eigenvalue weighted by molar-refractivity contribution is 6.32. The van der Waals surface area contributed by atoms with Gasteiger partial charge in [0.05, 0.1) is 12.1 Å². The fraction of sp³-hybridized carbons (Fsp3) is 0.185. The van der Waals surface area contributed by atoms with Gasteiger partial charge in [-0.15, -0.1) is 0 Å². The van der Waals surface area contributed by atoms with Crippen molar-refractivity contribution < 1.29 is 23.7 Å². The topological polar surface area (TPSA) is 66.4 Å². The first-order valence-electron chi connectivity index (χ1n) is 10.7. The first-order valence-corrected chi connectivity index (χ1v) is 11.1. The summed E-state index contributed by atoms with van der Waals surface area (Å²) in [5, 5.41) is 0.344. The number of hydrogen-bond acceptors (Lipinski definition) is 6. The smallest absolute Gasteiger partial charge is 0.363 e. The van der Waals surface area contributed by atoms with Crippen LogP contribution < -0.4 is 14.2 Å².